The Hall–Kier alpha value is -1.35. The number of hydrogen-bond donors (Lipinski definition) is 1. The second kappa shape index (κ2) is 6.40. The summed E-state index contributed by atoms with van der Waals surface area (Å²) in [5.41, 5.74) is 2.45. The molecule has 0 aliphatic heterocycles. The number of nitrogens with one attached hydrogen (secondary N) is 1. The van der Waals surface area contributed by atoms with E-state index in [1.807, 2.05) is 31.1 Å². The highest BCUT2D eigenvalue weighted by molar-refractivity contribution is 5.76. The van der Waals surface area contributed by atoms with Crippen LogP contribution in [-0.4, -0.2) is 31.4 Å². The molecular formula is C14H22N2O. The van der Waals surface area contributed by atoms with Crippen LogP contribution < -0.4 is 5.32 Å². The van der Waals surface area contributed by atoms with Crippen LogP contribution in [0.5, 0.6) is 0 Å². The fraction of sp³-hybridized carbons (Fsp3) is 0.500. The van der Waals surface area contributed by atoms with Crippen LogP contribution in [0.4, 0.5) is 0 Å². The van der Waals surface area contributed by atoms with E-state index in [2.05, 4.69) is 31.3 Å². The van der Waals surface area contributed by atoms with Gasteiger partial charge >= 0.3 is 0 Å². The van der Waals surface area contributed by atoms with Gasteiger partial charge in [0.25, 0.3) is 0 Å². The standard InChI is InChI=1S/C14H22N2O/c1-11-7-5-6-8-13(11)12(2)16(4)14(17)9-10-15-3/h5-8,12,15H,9-10H2,1-4H3. The van der Waals surface area contributed by atoms with E-state index in [9.17, 15) is 4.79 Å². The maximum absolute atomic E-state index is 11.9. The Morgan fingerprint density at radius 2 is 2.06 bits per heavy atom. The quantitative estimate of drug-likeness (QED) is 0.846. The molecule has 1 atom stereocenters. The number of carbonyl (C=O) groups excluding carboxylic acids is 1. The molecule has 17 heavy (non-hydrogen) atoms. The molecule has 0 spiro atoms. The predicted molar refractivity (Wildman–Crippen MR) is 70.9 cm³/mol. The maximum Gasteiger partial charge on any atom is 0.224 e. The van der Waals surface area contributed by atoms with Gasteiger partial charge in [0.1, 0.15) is 0 Å². The number of rotatable bonds is 5. The zero-order chi connectivity index (χ0) is 12.8. The molecule has 0 fully saturated rings. The predicted octanol–water partition coefficient (Wildman–Crippen LogP) is 2.12. The Balaban J connectivity index is 2.72. The third kappa shape index (κ3) is 3.56. The first-order chi connectivity index (χ1) is 8.07. The lowest BCUT2D eigenvalue weighted by atomic mass is 10.0. The average molecular weight is 234 g/mol. The molecule has 1 unspecified atom stereocenters. The van der Waals surface area contributed by atoms with E-state index in [0.29, 0.717) is 6.42 Å². The van der Waals surface area contributed by atoms with Crippen LogP contribution in [0.2, 0.25) is 0 Å². The minimum atomic E-state index is 0.126. The molecule has 0 saturated heterocycles. The summed E-state index contributed by atoms with van der Waals surface area (Å²) in [5, 5.41) is 3.00. The lowest BCUT2D eigenvalue weighted by Gasteiger charge is -2.26. The molecule has 3 heteroatoms. The third-order valence-corrected chi connectivity index (χ3v) is 3.20. The first-order valence-electron chi connectivity index (χ1n) is 6.03. The lowest BCUT2D eigenvalue weighted by Crippen LogP contribution is -2.31. The fourth-order valence-electron chi connectivity index (χ4n) is 1.89. The van der Waals surface area contributed by atoms with Gasteiger partial charge < -0.3 is 10.2 Å². The van der Waals surface area contributed by atoms with E-state index in [1.165, 1.54) is 11.1 Å². The van der Waals surface area contributed by atoms with Crippen molar-refractivity contribution in [2.24, 2.45) is 0 Å². The second-order valence-corrected chi connectivity index (χ2v) is 4.39. The summed E-state index contributed by atoms with van der Waals surface area (Å²) < 4.78 is 0. The van der Waals surface area contributed by atoms with Gasteiger partial charge in [-0.25, -0.2) is 0 Å². The molecule has 1 N–H and O–H groups in total. The van der Waals surface area contributed by atoms with Crippen LogP contribution in [0.3, 0.4) is 0 Å². The van der Waals surface area contributed by atoms with E-state index in [4.69, 9.17) is 0 Å². The van der Waals surface area contributed by atoms with Crippen molar-refractivity contribution >= 4 is 5.91 Å². The first-order valence-corrected chi connectivity index (χ1v) is 6.03. The Labute approximate surface area is 104 Å². The summed E-state index contributed by atoms with van der Waals surface area (Å²) in [6, 6.07) is 8.33. The van der Waals surface area contributed by atoms with Crippen LogP contribution in [0.1, 0.15) is 30.5 Å². The molecule has 1 aromatic carbocycles. The SMILES string of the molecule is CNCCC(=O)N(C)C(C)c1ccccc1C. The number of hydrogen-bond acceptors (Lipinski definition) is 2. The minimum absolute atomic E-state index is 0.126. The smallest absolute Gasteiger partial charge is 0.224 e. The zero-order valence-corrected chi connectivity index (χ0v) is 11.2. The first kappa shape index (κ1) is 13.7. The average Bonchev–Trinajstić information content (AvgIpc) is 2.34. The van der Waals surface area contributed by atoms with Crippen molar-refractivity contribution in [2.45, 2.75) is 26.3 Å². The molecule has 0 aromatic heterocycles. The second-order valence-electron chi connectivity index (χ2n) is 4.39. The molecule has 0 radical (unpaired) electrons. The van der Waals surface area contributed by atoms with Gasteiger partial charge in [-0.2, -0.15) is 0 Å². The van der Waals surface area contributed by atoms with Crippen LogP contribution in [-0.2, 0) is 4.79 Å². The molecule has 3 nitrogen and oxygen atoms in total. The zero-order valence-electron chi connectivity index (χ0n) is 11.2. The third-order valence-electron chi connectivity index (χ3n) is 3.20. The van der Waals surface area contributed by atoms with E-state index in [-0.39, 0.29) is 11.9 Å². The molecular weight excluding hydrogens is 212 g/mol. The fourth-order valence-corrected chi connectivity index (χ4v) is 1.89. The molecule has 0 aliphatic carbocycles. The summed E-state index contributed by atoms with van der Waals surface area (Å²) in [6.45, 7) is 4.88. The van der Waals surface area contributed by atoms with E-state index < -0.39 is 0 Å². The van der Waals surface area contributed by atoms with Gasteiger partial charge in [-0.05, 0) is 32.0 Å². The van der Waals surface area contributed by atoms with E-state index in [0.717, 1.165) is 6.54 Å². The molecule has 0 aliphatic rings. The minimum Gasteiger partial charge on any atom is -0.339 e. The number of benzene rings is 1. The molecule has 0 saturated carbocycles. The molecule has 1 amide bonds. The normalized spacial score (nSPS) is 12.2. The van der Waals surface area contributed by atoms with Crippen molar-refractivity contribution in [1.82, 2.24) is 10.2 Å². The summed E-state index contributed by atoms with van der Waals surface area (Å²) in [6.07, 6.45) is 0.545. The van der Waals surface area contributed by atoms with Crippen molar-refractivity contribution in [3.63, 3.8) is 0 Å². The van der Waals surface area contributed by atoms with Crippen molar-refractivity contribution in [2.75, 3.05) is 20.6 Å². The van der Waals surface area contributed by atoms with E-state index >= 15 is 0 Å². The Morgan fingerprint density at radius 3 is 2.65 bits per heavy atom. The van der Waals surface area contributed by atoms with Gasteiger partial charge in [0, 0.05) is 20.0 Å². The van der Waals surface area contributed by atoms with Crippen molar-refractivity contribution in [3.8, 4) is 0 Å². The molecule has 1 rings (SSSR count). The molecule has 94 valence electrons. The Morgan fingerprint density at radius 1 is 1.41 bits per heavy atom. The summed E-state index contributed by atoms with van der Waals surface area (Å²) in [5.74, 6) is 0.176. The summed E-state index contributed by atoms with van der Waals surface area (Å²) >= 11 is 0. The highest BCUT2D eigenvalue weighted by atomic mass is 16.2. The van der Waals surface area contributed by atoms with Gasteiger partial charge in [0.15, 0.2) is 0 Å². The molecule has 0 bridgehead atoms. The van der Waals surface area contributed by atoms with Gasteiger partial charge in [-0.1, -0.05) is 24.3 Å². The number of nitrogens with zero attached hydrogens (tertiary/aromatic N) is 1. The van der Waals surface area contributed by atoms with Crippen LogP contribution in [0.25, 0.3) is 0 Å². The number of aryl methyl sites for hydroxylation is 1. The van der Waals surface area contributed by atoms with Crippen LogP contribution in [0, 0.1) is 6.92 Å². The Bertz CT molecular complexity index is 376. The van der Waals surface area contributed by atoms with Crippen LogP contribution in [0.15, 0.2) is 24.3 Å². The van der Waals surface area contributed by atoms with E-state index in [1.54, 1.807) is 0 Å². The lowest BCUT2D eigenvalue weighted by molar-refractivity contribution is -0.131. The monoisotopic (exact) mass is 234 g/mol. The van der Waals surface area contributed by atoms with Crippen molar-refractivity contribution < 1.29 is 4.79 Å². The largest absolute Gasteiger partial charge is 0.339 e. The number of carbonyl (C=O) groups is 1. The highest BCUT2D eigenvalue weighted by Gasteiger charge is 2.17. The van der Waals surface area contributed by atoms with Gasteiger partial charge in [-0.3, -0.25) is 4.79 Å². The Kier molecular flexibility index (Phi) is 5.16. The maximum atomic E-state index is 11.9. The van der Waals surface area contributed by atoms with Crippen molar-refractivity contribution in [3.05, 3.63) is 35.4 Å². The van der Waals surface area contributed by atoms with Crippen LogP contribution >= 0.6 is 0 Å². The highest BCUT2D eigenvalue weighted by Crippen LogP contribution is 2.22. The van der Waals surface area contributed by atoms with Gasteiger partial charge in [0.05, 0.1) is 6.04 Å². The van der Waals surface area contributed by atoms with Crippen molar-refractivity contribution in [1.29, 1.82) is 0 Å². The molecule has 0 heterocycles. The summed E-state index contributed by atoms with van der Waals surface area (Å²) in [7, 11) is 3.73. The number of amides is 1. The van der Waals surface area contributed by atoms with Gasteiger partial charge in [0.2, 0.25) is 5.91 Å². The molecule has 1 aromatic rings. The van der Waals surface area contributed by atoms with Gasteiger partial charge in [-0.15, -0.1) is 0 Å². The summed E-state index contributed by atoms with van der Waals surface area (Å²) in [4.78, 5) is 13.7. The topological polar surface area (TPSA) is 32.3 Å².